The number of benzene rings is 2. The van der Waals surface area contributed by atoms with Crippen molar-refractivity contribution in [2.45, 2.75) is 6.54 Å². The highest BCUT2D eigenvalue weighted by Gasteiger charge is 2.12. The van der Waals surface area contributed by atoms with Gasteiger partial charge in [-0.1, -0.05) is 12.1 Å². The number of rotatable bonds is 5. The number of fused-ring (bicyclic) bond motifs is 1. The van der Waals surface area contributed by atoms with E-state index in [4.69, 9.17) is 4.42 Å². The second-order valence-electron chi connectivity index (χ2n) is 5.42. The van der Waals surface area contributed by atoms with E-state index >= 15 is 0 Å². The number of nitrogens with one attached hydrogen (secondary N) is 1. The minimum atomic E-state index is -1.01. The standard InChI is InChI=1S/C17H15F2N3O2/c1-22(10-17-21-14-4-2-3-5-15(14)24-17)9-16(23)20-11-6-7-12(18)13(19)8-11/h2-8H,9-10H2,1H3,(H,20,23). The van der Waals surface area contributed by atoms with Crippen molar-refractivity contribution in [2.24, 2.45) is 0 Å². The van der Waals surface area contributed by atoms with Gasteiger partial charge in [-0.25, -0.2) is 13.8 Å². The Balaban J connectivity index is 1.58. The van der Waals surface area contributed by atoms with Gasteiger partial charge in [-0.05, 0) is 31.3 Å². The van der Waals surface area contributed by atoms with E-state index in [0.717, 1.165) is 17.6 Å². The number of nitrogens with zero attached hydrogens (tertiary/aromatic N) is 2. The van der Waals surface area contributed by atoms with Gasteiger partial charge in [-0.3, -0.25) is 9.69 Å². The van der Waals surface area contributed by atoms with Crippen LogP contribution in [-0.2, 0) is 11.3 Å². The third-order valence-electron chi connectivity index (χ3n) is 3.36. The van der Waals surface area contributed by atoms with Crippen molar-refractivity contribution in [1.29, 1.82) is 0 Å². The molecule has 7 heteroatoms. The quantitative estimate of drug-likeness (QED) is 0.780. The second kappa shape index (κ2) is 6.76. The van der Waals surface area contributed by atoms with Gasteiger partial charge < -0.3 is 9.73 Å². The molecule has 3 aromatic rings. The van der Waals surface area contributed by atoms with Gasteiger partial charge in [0.2, 0.25) is 11.8 Å². The highest BCUT2D eigenvalue weighted by Crippen LogP contribution is 2.16. The lowest BCUT2D eigenvalue weighted by Gasteiger charge is -2.14. The molecule has 0 saturated heterocycles. The molecule has 0 radical (unpaired) electrons. The van der Waals surface area contributed by atoms with E-state index < -0.39 is 11.6 Å². The van der Waals surface area contributed by atoms with Crippen LogP contribution in [0.2, 0.25) is 0 Å². The van der Waals surface area contributed by atoms with Crippen molar-refractivity contribution in [3.63, 3.8) is 0 Å². The van der Waals surface area contributed by atoms with Gasteiger partial charge in [0.25, 0.3) is 0 Å². The number of hydrogen-bond acceptors (Lipinski definition) is 4. The van der Waals surface area contributed by atoms with E-state index in [2.05, 4.69) is 10.3 Å². The Labute approximate surface area is 136 Å². The van der Waals surface area contributed by atoms with Crippen molar-refractivity contribution in [3.8, 4) is 0 Å². The minimum Gasteiger partial charge on any atom is -0.439 e. The third kappa shape index (κ3) is 3.75. The molecule has 2 aromatic carbocycles. The molecule has 5 nitrogen and oxygen atoms in total. The summed E-state index contributed by atoms with van der Waals surface area (Å²) in [6.07, 6.45) is 0. The van der Waals surface area contributed by atoms with Gasteiger partial charge in [0, 0.05) is 11.8 Å². The Morgan fingerprint density at radius 3 is 2.75 bits per heavy atom. The van der Waals surface area contributed by atoms with E-state index in [1.54, 1.807) is 11.9 Å². The van der Waals surface area contributed by atoms with Crippen molar-refractivity contribution < 1.29 is 18.0 Å². The summed E-state index contributed by atoms with van der Waals surface area (Å²) in [5.41, 5.74) is 1.65. The van der Waals surface area contributed by atoms with Crippen LogP contribution >= 0.6 is 0 Å². The predicted octanol–water partition coefficient (Wildman–Crippen LogP) is 3.18. The van der Waals surface area contributed by atoms with Crippen LogP contribution in [0.4, 0.5) is 14.5 Å². The van der Waals surface area contributed by atoms with Gasteiger partial charge in [0.15, 0.2) is 17.2 Å². The number of hydrogen-bond donors (Lipinski definition) is 1. The molecule has 3 rings (SSSR count). The van der Waals surface area contributed by atoms with Crippen molar-refractivity contribution >= 4 is 22.7 Å². The maximum absolute atomic E-state index is 13.1. The third-order valence-corrected chi connectivity index (χ3v) is 3.36. The number of likely N-dealkylation sites (N-methyl/N-ethyl adjacent to an activating group) is 1. The lowest BCUT2D eigenvalue weighted by Crippen LogP contribution is -2.30. The summed E-state index contributed by atoms with van der Waals surface area (Å²) in [5, 5.41) is 2.51. The van der Waals surface area contributed by atoms with Crippen LogP contribution in [0, 0.1) is 11.6 Å². The van der Waals surface area contributed by atoms with Gasteiger partial charge >= 0.3 is 0 Å². The summed E-state index contributed by atoms with van der Waals surface area (Å²) >= 11 is 0. The molecule has 1 aromatic heterocycles. The first-order valence-electron chi connectivity index (χ1n) is 7.29. The van der Waals surface area contributed by atoms with Crippen LogP contribution < -0.4 is 5.32 Å². The first kappa shape index (κ1) is 16.1. The molecule has 1 heterocycles. The summed E-state index contributed by atoms with van der Waals surface area (Å²) < 4.78 is 31.6. The summed E-state index contributed by atoms with van der Waals surface area (Å²) in [4.78, 5) is 18.0. The number of para-hydroxylation sites is 2. The van der Waals surface area contributed by atoms with Crippen LogP contribution in [0.1, 0.15) is 5.89 Å². The number of aromatic nitrogens is 1. The smallest absolute Gasteiger partial charge is 0.238 e. The lowest BCUT2D eigenvalue weighted by molar-refractivity contribution is -0.117. The molecule has 1 N–H and O–H groups in total. The first-order chi connectivity index (χ1) is 11.5. The summed E-state index contributed by atoms with van der Waals surface area (Å²) in [6, 6.07) is 10.6. The largest absolute Gasteiger partial charge is 0.439 e. The van der Waals surface area contributed by atoms with Crippen molar-refractivity contribution in [3.05, 3.63) is 60.0 Å². The molecular formula is C17H15F2N3O2. The molecule has 0 atom stereocenters. The SMILES string of the molecule is CN(CC(=O)Nc1ccc(F)c(F)c1)Cc1nc2ccccc2o1. The molecular weight excluding hydrogens is 316 g/mol. The summed E-state index contributed by atoms with van der Waals surface area (Å²) in [5.74, 6) is -1.81. The van der Waals surface area contributed by atoms with E-state index in [1.807, 2.05) is 24.3 Å². The molecule has 0 aliphatic carbocycles. The number of carbonyl (C=O) groups is 1. The minimum absolute atomic E-state index is 0.0533. The van der Waals surface area contributed by atoms with Crippen LogP contribution in [0.3, 0.4) is 0 Å². The van der Waals surface area contributed by atoms with Crippen LogP contribution in [0.5, 0.6) is 0 Å². The molecule has 24 heavy (non-hydrogen) atoms. The Hall–Kier alpha value is -2.80. The average Bonchev–Trinajstić information content (AvgIpc) is 2.92. The Morgan fingerprint density at radius 2 is 2.00 bits per heavy atom. The van der Waals surface area contributed by atoms with Crippen LogP contribution in [0.15, 0.2) is 46.9 Å². The number of halogens is 2. The highest BCUT2D eigenvalue weighted by molar-refractivity contribution is 5.92. The molecule has 0 saturated carbocycles. The van der Waals surface area contributed by atoms with E-state index in [-0.39, 0.29) is 18.1 Å². The monoisotopic (exact) mass is 331 g/mol. The topological polar surface area (TPSA) is 58.4 Å². The number of anilines is 1. The number of oxazole rings is 1. The Bertz CT molecular complexity index is 846. The maximum Gasteiger partial charge on any atom is 0.238 e. The van der Waals surface area contributed by atoms with Crippen LogP contribution in [-0.4, -0.2) is 29.4 Å². The predicted molar refractivity (Wildman–Crippen MR) is 85.3 cm³/mol. The summed E-state index contributed by atoms with van der Waals surface area (Å²) in [6.45, 7) is 0.400. The Morgan fingerprint density at radius 1 is 1.21 bits per heavy atom. The lowest BCUT2D eigenvalue weighted by atomic mass is 10.3. The van der Waals surface area contributed by atoms with Gasteiger partial charge in [0.05, 0.1) is 13.1 Å². The van der Waals surface area contributed by atoms with E-state index in [9.17, 15) is 13.6 Å². The van der Waals surface area contributed by atoms with E-state index in [1.165, 1.54) is 6.07 Å². The molecule has 0 bridgehead atoms. The molecule has 0 spiro atoms. The normalized spacial score (nSPS) is 11.2. The molecule has 0 unspecified atom stereocenters. The van der Waals surface area contributed by atoms with Crippen molar-refractivity contribution in [1.82, 2.24) is 9.88 Å². The second-order valence-corrected chi connectivity index (χ2v) is 5.42. The average molecular weight is 331 g/mol. The molecule has 0 aliphatic heterocycles. The fourth-order valence-corrected chi connectivity index (χ4v) is 2.29. The van der Waals surface area contributed by atoms with Gasteiger partial charge in [-0.2, -0.15) is 0 Å². The molecule has 0 fully saturated rings. The number of carbonyl (C=O) groups excluding carboxylic acids is 1. The van der Waals surface area contributed by atoms with Gasteiger partial charge in [-0.15, -0.1) is 0 Å². The fraction of sp³-hybridized carbons (Fsp3) is 0.176. The maximum atomic E-state index is 13.1. The summed E-state index contributed by atoms with van der Waals surface area (Å²) in [7, 11) is 1.74. The van der Waals surface area contributed by atoms with Crippen LogP contribution in [0.25, 0.3) is 11.1 Å². The fourth-order valence-electron chi connectivity index (χ4n) is 2.29. The highest BCUT2D eigenvalue weighted by atomic mass is 19.2. The zero-order chi connectivity index (χ0) is 17.1. The molecule has 124 valence electrons. The molecule has 1 amide bonds. The molecule has 0 aliphatic rings. The van der Waals surface area contributed by atoms with Gasteiger partial charge in [0.1, 0.15) is 5.52 Å². The first-order valence-corrected chi connectivity index (χ1v) is 7.29. The number of amides is 1. The Kier molecular flexibility index (Phi) is 4.52. The zero-order valence-electron chi connectivity index (χ0n) is 12.9. The van der Waals surface area contributed by atoms with E-state index in [0.29, 0.717) is 18.0 Å². The van der Waals surface area contributed by atoms with Crippen molar-refractivity contribution in [2.75, 3.05) is 18.9 Å². The zero-order valence-corrected chi connectivity index (χ0v) is 12.9.